The van der Waals surface area contributed by atoms with Crippen molar-refractivity contribution in [1.82, 2.24) is 5.32 Å². The van der Waals surface area contributed by atoms with Gasteiger partial charge in [-0.1, -0.05) is 38.3 Å². The predicted molar refractivity (Wildman–Crippen MR) is 107 cm³/mol. The highest BCUT2D eigenvalue weighted by atomic mass is 35.5. The molecule has 1 heterocycles. The Bertz CT molecular complexity index is 767. The van der Waals surface area contributed by atoms with E-state index in [2.05, 4.69) is 19.2 Å². The molecule has 1 N–H and O–H groups in total. The van der Waals surface area contributed by atoms with E-state index in [0.717, 1.165) is 19.3 Å². The van der Waals surface area contributed by atoms with E-state index in [1.165, 1.54) is 12.5 Å². The van der Waals surface area contributed by atoms with Crippen LogP contribution < -0.4 is 10.2 Å². The van der Waals surface area contributed by atoms with Crippen LogP contribution in [-0.2, 0) is 14.3 Å². The van der Waals surface area contributed by atoms with E-state index < -0.39 is 5.97 Å². The molecular weight excluding hydrogens is 380 g/mol. The molecule has 1 aliphatic heterocycles. The van der Waals surface area contributed by atoms with Crippen LogP contribution in [0.2, 0.25) is 5.02 Å². The van der Waals surface area contributed by atoms with Crippen LogP contribution >= 0.6 is 11.6 Å². The second-order valence-corrected chi connectivity index (χ2v) is 8.24. The van der Waals surface area contributed by atoms with E-state index in [1.807, 2.05) is 0 Å². The number of amides is 2. The molecule has 1 saturated carbocycles. The van der Waals surface area contributed by atoms with Gasteiger partial charge in [0, 0.05) is 19.0 Å². The maximum atomic E-state index is 12.4. The summed E-state index contributed by atoms with van der Waals surface area (Å²) in [6.07, 6.45) is 4.47. The number of esters is 1. The molecular formula is C21H27ClN2O4. The molecule has 0 aromatic heterocycles. The van der Waals surface area contributed by atoms with Gasteiger partial charge in [-0.3, -0.25) is 9.59 Å². The summed E-state index contributed by atoms with van der Waals surface area (Å²) in [5.41, 5.74) is 0.777. The number of carbonyl (C=O) groups excluding carboxylic acids is 3. The Morgan fingerprint density at radius 3 is 2.75 bits per heavy atom. The van der Waals surface area contributed by atoms with E-state index in [0.29, 0.717) is 35.5 Å². The molecule has 152 valence electrons. The lowest BCUT2D eigenvalue weighted by molar-refractivity contribution is -0.125. The Kier molecular flexibility index (Phi) is 6.60. The third-order valence-corrected chi connectivity index (χ3v) is 6.25. The number of halogens is 1. The van der Waals surface area contributed by atoms with Crippen molar-refractivity contribution in [3.8, 4) is 0 Å². The zero-order valence-electron chi connectivity index (χ0n) is 16.4. The molecule has 1 aromatic carbocycles. The first-order chi connectivity index (χ1) is 13.4. The SMILES string of the molecule is C[C@H]1[C@H](C)CCC[C@@H]1NC(=O)COC(=O)c1ccc(Cl)c(N2CCCC2=O)c1. The fraction of sp³-hybridized carbons (Fsp3) is 0.571. The summed E-state index contributed by atoms with van der Waals surface area (Å²) in [5.74, 6) is 0.0724. The maximum Gasteiger partial charge on any atom is 0.338 e. The Morgan fingerprint density at radius 1 is 1.25 bits per heavy atom. The number of ether oxygens (including phenoxy) is 1. The van der Waals surface area contributed by atoms with Gasteiger partial charge in [0.2, 0.25) is 5.91 Å². The Morgan fingerprint density at radius 2 is 2.04 bits per heavy atom. The van der Waals surface area contributed by atoms with Gasteiger partial charge in [-0.05, 0) is 42.9 Å². The number of hydrogen-bond acceptors (Lipinski definition) is 4. The van der Waals surface area contributed by atoms with E-state index in [-0.39, 0.29) is 30.0 Å². The quantitative estimate of drug-likeness (QED) is 0.758. The van der Waals surface area contributed by atoms with E-state index >= 15 is 0 Å². The van der Waals surface area contributed by atoms with Gasteiger partial charge in [0.05, 0.1) is 16.3 Å². The lowest BCUT2D eigenvalue weighted by Crippen LogP contribution is -2.45. The molecule has 0 unspecified atom stereocenters. The van der Waals surface area contributed by atoms with Gasteiger partial charge in [-0.2, -0.15) is 0 Å². The van der Waals surface area contributed by atoms with Gasteiger partial charge in [-0.25, -0.2) is 4.79 Å². The number of hydrogen-bond donors (Lipinski definition) is 1. The summed E-state index contributed by atoms with van der Waals surface area (Å²) in [7, 11) is 0. The molecule has 7 heteroatoms. The monoisotopic (exact) mass is 406 g/mol. The number of anilines is 1. The summed E-state index contributed by atoms with van der Waals surface area (Å²) in [6, 6.07) is 4.79. The van der Waals surface area contributed by atoms with Crippen molar-refractivity contribution in [2.45, 2.75) is 52.0 Å². The molecule has 3 rings (SSSR count). The summed E-state index contributed by atoms with van der Waals surface area (Å²) >= 11 is 6.20. The molecule has 1 aromatic rings. The Balaban J connectivity index is 1.57. The van der Waals surface area contributed by atoms with Crippen molar-refractivity contribution in [1.29, 1.82) is 0 Å². The standard InChI is InChI=1S/C21H27ClN2O4/c1-13-5-3-6-17(14(13)2)23-19(25)12-28-21(27)15-8-9-16(22)18(11-15)24-10-4-7-20(24)26/h8-9,11,13-14,17H,3-7,10,12H2,1-2H3,(H,23,25)/t13-,14+,17+/m1/s1. The van der Waals surface area contributed by atoms with Crippen molar-refractivity contribution >= 4 is 35.1 Å². The number of benzene rings is 1. The largest absolute Gasteiger partial charge is 0.452 e. The molecule has 0 radical (unpaired) electrons. The van der Waals surface area contributed by atoms with Crippen molar-refractivity contribution in [2.75, 3.05) is 18.1 Å². The molecule has 0 spiro atoms. The van der Waals surface area contributed by atoms with Crippen LogP contribution in [0.25, 0.3) is 0 Å². The molecule has 3 atom stereocenters. The normalized spacial score (nSPS) is 24.9. The van der Waals surface area contributed by atoms with Crippen LogP contribution in [0.4, 0.5) is 5.69 Å². The summed E-state index contributed by atoms with van der Waals surface area (Å²) in [5, 5.41) is 3.39. The first kappa shape index (κ1) is 20.6. The third-order valence-electron chi connectivity index (χ3n) is 5.93. The Hall–Kier alpha value is -2.08. The van der Waals surface area contributed by atoms with Crippen molar-refractivity contribution in [3.63, 3.8) is 0 Å². The molecule has 1 aliphatic carbocycles. The highest BCUT2D eigenvalue weighted by molar-refractivity contribution is 6.34. The second kappa shape index (κ2) is 8.95. The minimum absolute atomic E-state index is 0.0115. The average Bonchev–Trinajstić information content (AvgIpc) is 3.09. The average molecular weight is 407 g/mol. The van der Waals surface area contributed by atoms with E-state index in [1.54, 1.807) is 17.0 Å². The summed E-state index contributed by atoms with van der Waals surface area (Å²) in [6.45, 7) is 4.61. The second-order valence-electron chi connectivity index (χ2n) is 7.83. The van der Waals surface area contributed by atoms with Crippen molar-refractivity contribution in [2.24, 2.45) is 11.8 Å². The highest BCUT2D eigenvalue weighted by Gasteiger charge is 2.28. The highest BCUT2D eigenvalue weighted by Crippen LogP contribution is 2.31. The minimum Gasteiger partial charge on any atom is -0.452 e. The first-order valence-corrected chi connectivity index (χ1v) is 10.3. The number of carbonyl (C=O) groups is 3. The molecule has 28 heavy (non-hydrogen) atoms. The first-order valence-electron chi connectivity index (χ1n) is 9.93. The van der Waals surface area contributed by atoms with Gasteiger partial charge >= 0.3 is 5.97 Å². The van der Waals surface area contributed by atoms with Crippen LogP contribution in [0.1, 0.15) is 56.3 Å². The van der Waals surface area contributed by atoms with Crippen LogP contribution in [0.5, 0.6) is 0 Å². The zero-order valence-corrected chi connectivity index (χ0v) is 17.1. The third kappa shape index (κ3) is 4.66. The van der Waals surface area contributed by atoms with Crippen molar-refractivity contribution < 1.29 is 19.1 Å². The van der Waals surface area contributed by atoms with Gasteiger partial charge in [0.25, 0.3) is 5.91 Å². The van der Waals surface area contributed by atoms with Crippen LogP contribution in [0.15, 0.2) is 18.2 Å². The smallest absolute Gasteiger partial charge is 0.338 e. The molecule has 2 fully saturated rings. The fourth-order valence-corrected chi connectivity index (χ4v) is 4.22. The predicted octanol–water partition coefficient (Wildman–Crippen LogP) is 3.56. The molecule has 0 bridgehead atoms. The fourth-order valence-electron chi connectivity index (χ4n) is 4.00. The van der Waals surface area contributed by atoms with Crippen molar-refractivity contribution in [3.05, 3.63) is 28.8 Å². The maximum absolute atomic E-state index is 12.4. The Labute approximate surface area is 170 Å². The topological polar surface area (TPSA) is 75.7 Å². The van der Waals surface area contributed by atoms with Gasteiger partial charge < -0.3 is 15.0 Å². The zero-order chi connectivity index (χ0) is 20.3. The molecule has 2 amide bonds. The van der Waals surface area contributed by atoms with E-state index in [4.69, 9.17) is 16.3 Å². The van der Waals surface area contributed by atoms with Gasteiger partial charge in [0.1, 0.15) is 0 Å². The number of nitrogens with zero attached hydrogens (tertiary/aromatic N) is 1. The van der Waals surface area contributed by atoms with Crippen LogP contribution in [0, 0.1) is 11.8 Å². The van der Waals surface area contributed by atoms with Crippen LogP contribution in [0.3, 0.4) is 0 Å². The molecule has 1 saturated heterocycles. The van der Waals surface area contributed by atoms with Crippen LogP contribution in [-0.4, -0.2) is 37.0 Å². The minimum atomic E-state index is -0.607. The lowest BCUT2D eigenvalue weighted by Gasteiger charge is -2.34. The summed E-state index contributed by atoms with van der Waals surface area (Å²) in [4.78, 5) is 38.1. The number of nitrogens with one attached hydrogen (secondary N) is 1. The number of rotatable bonds is 5. The van der Waals surface area contributed by atoms with Gasteiger partial charge in [0.15, 0.2) is 6.61 Å². The molecule has 6 nitrogen and oxygen atoms in total. The summed E-state index contributed by atoms with van der Waals surface area (Å²) < 4.78 is 5.18. The molecule has 2 aliphatic rings. The van der Waals surface area contributed by atoms with E-state index in [9.17, 15) is 14.4 Å². The lowest BCUT2D eigenvalue weighted by atomic mass is 9.78. The van der Waals surface area contributed by atoms with Gasteiger partial charge in [-0.15, -0.1) is 0 Å².